The van der Waals surface area contributed by atoms with Crippen LogP contribution in [0, 0.1) is 11.6 Å². The van der Waals surface area contributed by atoms with Gasteiger partial charge in [-0.25, -0.2) is 8.78 Å². The number of benzene rings is 1. The van der Waals surface area contributed by atoms with E-state index in [1.165, 1.54) is 12.1 Å². The Hall–Kier alpha value is -1.12. The molecule has 1 rings (SSSR count). The van der Waals surface area contributed by atoms with Crippen LogP contribution in [0.25, 0.3) is 0 Å². The van der Waals surface area contributed by atoms with Gasteiger partial charge in [-0.2, -0.15) is 0 Å². The average Bonchev–Trinajstić information content (AvgIpc) is 2.13. The summed E-state index contributed by atoms with van der Waals surface area (Å²) in [6.45, 7) is 2.72. The summed E-state index contributed by atoms with van der Waals surface area (Å²) >= 11 is 0. The molecule has 0 aromatic heterocycles. The standard InChI is InChI=1S/C10H13F2N/c1-2-3-7-13-9-6-4-5-8(11)10(9)12/h4-6,13H,2-3,7H2,1H3. The zero-order valence-electron chi connectivity index (χ0n) is 7.61. The summed E-state index contributed by atoms with van der Waals surface area (Å²) in [5.74, 6) is -1.60. The van der Waals surface area contributed by atoms with Gasteiger partial charge in [-0.05, 0) is 18.6 Å². The number of rotatable bonds is 4. The third-order valence-electron chi connectivity index (χ3n) is 1.80. The van der Waals surface area contributed by atoms with E-state index in [0.29, 0.717) is 6.54 Å². The fraction of sp³-hybridized carbons (Fsp3) is 0.400. The molecule has 1 aromatic rings. The molecule has 0 saturated heterocycles. The second-order valence-corrected chi connectivity index (χ2v) is 2.88. The molecule has 1 N–H and O–H groups in total. The van der Waals surface area contributed by atoms with Gasteiger partial charge in [0.25, 0.3) is 0 Å². The van der Waals surface area contributed by atoms with Gasteiger partial charge in [-0.3, -0.25) is 0 Å². The first-order chi connectivity index (χ1) is 6.25. The van der Waals surface area contributed by atoms with Gasteiger partial charge in [0, 0.05) is 6.54 Å². The molecule has 0 aliphatic carbocycles. The Morgan fingerprint density at radius 1 is 1.31 bits per heavy atom. The van der Waals surface area contributed by atoms with Crippen molar-refractivity contribution >= 4 is 5.69 Å². The van der Waals surface area contributed by atoms with Crippen molar-refractivity contribution in [2.75, 3.05) is 11.9 Å². The molecule has 0 amide bonds. The van der Waals surface area contributed by atoms with Crippen LogP contribution in [-0.4, -0.2) is 6.54 Å². The molecule has 0 saturated carbocycles. The van der Waals surface area contributed by atoms with E-state index in [4.69, 9.17) is 0 Å². The Balaban J connectivity index is 2.61. The van der Waals surface area contributed by atoms with Crippen LogP contribution in [-0.2, 0) is 0 Å². The number of nitrogens with one attached hydrogen (secondary N) is 1. The van der Waals surface area contributed by atoms with Crippen LogP contribution in [0.15, 0.2) is 18.2 Å². The first-order valence-electron chi connectivity index (χ1n) is 4.43. The largest absolute Gasteiger partial charge is 0.383 e. The Morgan fingerprint density at radius 2 is 2.08 bits per heavy atom. The zero-order valence-corrected chi connectivity index (χ0v) is 7.61. The van der Waals surface area contributed by atoms with E-state index in [-0.39, 0.29) is 5.69 Å². The van der Waals surface area contributed by atoms with Gasteiger partial charge in [0.2, 0.25) is 0 Å². The summed E-state index contributed by atoms with van der Waals surface area (Å²) in [4.78, 5) is 0. The number of unbranched alkanes of at least 4 members (excludes halogenated alkanes) is 1. The predicted molar refractivity (Wildman–Crippen MR) is 49.8 cm³/mol. The van der Waals surface area contributed by atoms with Gasteiger partial charge < -0.3 is 5.32 Å². The molecule has 0 radical (unpaired) electrons. The highest BCUT2D eigenvalue weighted by atomic mass is 19.2. The molecule has 0 aliphatic rings. The highest BCUT2D eigenvalue weighted by Crippen LogP contribution is 2.16. The number of halogens is 2. The maximum absolute atomic E-state index is 13.0. The molecule has 1 nitrogen and oxygen atoms in total. The molecule has 0 spiro atoms. The van der Waals surface area contributed by atoms with E-state index in [0.717, 1.165) is 18.9 Å². The topological polar surface area (TPSA) is 12.0 Å². The molecule has 3 heteroatoms. The third-order valence-corrected chi connectivity index (χ3v) is 1.80. The van der Waals surface area contributed by atoms with Crippen molar-refractivity contribution in [2.24, 2.45) is 0 Å². The molecule has 13 heavy (non-hydrogen) atoms. The lowest BCUT2D eigenvalue weighted by Gasteiger charge is -2.06. The first-order valence-corrected chi connectivity index (χ1v) is 4.43. The fourth-order valence-electron chi connectivity index (χ4n) is 1.04. The lowest BCUT2D eigenvalue weighted by molar-refractivity contribution is 0.511. The minimum Gasteiger partial charge on any atom is -0.383 e. The normalized spacial score (nSPS) is 10.1. The van der Waals surface area contributed by atoms with Gasteiger partial charge in [-0.1, -0.05) is 19.4 Å². The van der Waals surface area contributed by atoms with Crippen molar-refractivity contribution in [3.8, 4) is 0 Å². The number of hydrogen-bond donors (Lipinski definition) is 1. The van der Waals surface area contributed by atoms with Crippen molar-refractivity contribution < 1.29 is 8.78 Å². The maximum atomic E-state index is 13.0. The molecule has 0 heterocycles. The van der Waals surface area contributed by atoms with E-state index in [1.54, 1.807) is 0 Å². The lowest BCUT2D eigenvalue weighted by Crippen LogP contribution is -2.03. The summed E-state index contributed by atoms with van der Waals surface area (Å²) in [5.41, 5.74) is 0.244. The van der Waals surface area contributed by atoms with Crippen molar-refractivity contribution in [3.63, 3.8) is 0 Å². The molecule has 0 aliphatic heterocycles. The zero-order chi connectivity index (χ0) is 9.68. The quantitative estimate of drug-likeness (QED) is 0.710. The fourth-order valence-corrected chi connectivity index (χ4v) is 1.04. The van der Waals surface area contributed by atoms with E-state index < -0.39 is 11.6 Å². The molecule has 1 aromatic carbocycles. The average molecular weight is 185 g/mol. The van der Waals surface area contributed by atoms with Crippen molar-refractivity contribution in [1.29, 1.82) is 0 Å². The van der Waals surface area contributed by atoms with Crippen LogP contribution in [0.1, 0.15) is 19.8 Å². The maximum Gasteiger partial charge on any atom is 0.181 e. The second kappa shape index (κ2) is 4.80. The van der Waals surface area contributed by atoms with E-state index in [2.05, 4.69) is 5.32 Å². The predicted octanol–water partition coefficient (Wildman–Crippen LogP) is 3.18. The molecule has 0 bridgehead atoms. The molecule has 0 unspecified atom stereocenters. The molecule has 0 fully saturated rings. The van der Waals surface area contributed by atoms with Crippen LogP contribution >= 0.6 is 0 Å². The summed E-state index contributed by atoms with van der Waals surface area (Å²) in [6.07, 6.45) is 1.99. The van der Waals surface area contributed by atoms with Crippen molar-refractivity contribution in [3.05, 3.63) is 29.8 Å². The van der Waals surface area contributed by atoms with Crippen LogP contribution in [0.2, 0.25) is 0 Å². The minimum atomic E-state index is -0.804. The highest BCUT2D eigenvalue weighted by molar-refractivity contribution is 5.44. The lowest BCUT2D eigenvalue weighted by atomic mass is 10.2. The Labute approximate surface area is 76.8 Å². The molecule has 72 valence electrons. The Kier molecular flexibility index (Phi) is 3.68. The third kappa shape index (κ3) is 2.68. The van der Waals surface area contributed by atoms with Gasteiger partial charge in [-0.15, -0.1) is 0 Å². The van der Waals surface area contributed by atoms with E-state index in [9.17, 15) is 8.78 Å². The monoisotopic (exact) mass is 185 g/mol. The van der Waals surface area contributed by atoms with Crippen molar-refractivity contribution in [2.45, 2.75) is 19.8 Å². The van der Waals surface area contributed by atoms with E-state index in [1.807, 2.05) is 6.92 Å². The first kappa shape index (κ1) is 9.96. The Morgan fingerprint density at radius 3 is 2.77 bits per heavy atom. The summed E-state index contributed by atoms with van der Waals surface area (Å²) < 4.78 is 25.7. The number of hydrogen-bond acceptors (Lipinski definition) is 1. The van der Waals surface area contributed by atoms with Crippen LogP contribution in [0.4, 0.5) is 14.5 Å². The Bertz CT molecular complexity index is 274. The SMILES string of the molecule is CCCCNc1cccc(F)c1F. The van der Waals surface area contributed by atoms with Crippen molar-refractivity contribution in [1.82, 2.24) is 0 Å². The highest BCUT2D eigenvalue weighted by Gasteiger charge is 2.05. The van der Waals surface area contributed by atoms with E-state index >= 15 is 0 Å². The molecule has 0 atom stereocenters. The van der Waals surface area contributed by atoms with Crippen LogP contribution < -0.4 is 5.32 Å². The van der Waals surface area contributed by atoms with Crippen LogP contribution in [0.5, 0.6) is 0 Å². The molecular weight excluding hydrogens is 172 g/mol. The van der Waals surface area contributed by atoms with Crippen LogP contribution in [0.3, 0.4) is 0 Å². The number of anilines is 1. The summed E-state index contributed by atoms with van der Waals surface area (Å²) in [5, 5.41) is 2.84. The minimum absolute atomic E-state index is 0.244. The molecular formula is C10H13F2N. The summed E-state index contributed by atoms with van der Waals surface area (Å²) in [6, 6.07) is 4.14. The van der Waals surface area contributed by atoms with Gasteiger partial charge in [0.15, 0.2) is 11.6 Å². The van der Waals surface area contributed by atoms with Gasteiger partial charge in [0.05, 0.1) is 5.69 Å². The second-order valence-electron chi connectivity index (χ2n) is 2.88. The summed E-state index contributed by atoms with van der Waals surface area (Å²) in [7, 11) is 0. The van der Waals surface area contributed by atoms with Gasteiger partial charge >= 0.3 is 0 Å². The smallest absolute Gasteiger partial charge is 0.181 e. The van der Waals surface area contributed by atoms with Gasteiger partial charge in [0.1, 0.15) is 0 Å².